The smallest absolute Gasteiger partial charge is 0.263 e. The van der Waals surface area contributed by atoms with Crippen molar-refractivity contribution in [3.8, 4) is 11.1 Å². The predicted octanol–water partition coefficient (Wildman–Crippen LogP) is 4.20. The third kappa shape index (κ3) is 4.05. The molecule has 0 aliphatic carbocycles. The zero-order chi connectivity index (χ0) is 22.9. The molecule has 4 aromatic rings. The molecule has 1 aliphatic heterocycles. The van der Waals surface area contributed by atoms with Crippen LogP contribution in [0.2, 0.25) is 0 Å². The van der Waals surface area contributed by atoms with Crippen molar-refractivity contribution in [2.45, 2.75) is 26.3 Å². The molecular formula is C25H22N4O3S. The standard InChI is InChI=1S/C25H22N4O3S/c1-16-22(17-6-3-2-4-7-17)23-24(33-16)26-15-28(25(23)32)14-20(30)27-18-9-11-19(12-10-18)29-13-5-8-21(29)31/h2-4,6-7,9-12,15H,5,8,13-14H2,1H3,(H,27,30). The molecule has 1 aliphatic rings. The van der Waals surface area contributed by atoms with Crippen molar-refractivity contribution in [3.05, 3.63) is 76.2 Å². The summed E-state index contributed by atoms with van der Waals surface area (Å²) < 4.78 is 1.34. The maximum atomic E-state index is 13.3. The fourth-order valence-electron chi connectivity index (χ4n) is 4.20. The lowest BCUT2D eigenvalue weighted by Gasteiger charge is -2.16. The van der Waals surface area contributed by atoms with E-state index in [0.29, 0.717) is 22.3 Å². The summed E-state index contributed by atoms with van der Waals surface area (Å²) in [6.45, 7) is 2.55. The summed E-state index contributed by atoms with van der Waals surface area (Å²) in [4.78, 5) is 45.7. The molecule has 1 fully saturated rings. The fraction of sp³-hybridized carbons (Fsp3) is 0.200. The average molecular weight is 459 g/mol. The summed E-state index contributed by atoms with van der Waals surface area (Å²) in [5, 5.41) is 3.36. The highest BCUT2D eigenvalue weighted by molar-refractivity contribution is 7.19. The Hall–Kier alpha value is -3.78. The first kappa shape index (κ1) is 21.1. The second kappa shape index (κ2) is 8.63. The topological polar surface area (TPSA) is 84.3 Å². The number of carbonyl (C=O) groups is 2. The van der Waals surface area contributed by atoms with E-state index in [1.165, 1.54) is 22.2 Å². The van der Waals surface area contributed by atoms with E-state index < -0.39 is 0 Å². The zero-order valence-corrected chi connectivity index (χ0v) is 18.9. The molecule has 2 aromatic carbocycles. The molecule has 33 heavy (non-hydrogen) atoms. The van der Waals surface area contributed by atoms with Crippen LogP contribution in [0.5, 0.6) is 0 Å². The Balaban J connectivity index is 1.37. The molecule has 0 spiro atoms. The summed E-state index contributed by atoms with van der Waals surface area (Å²) in [7, 11) is 0. The molecule has 7 nitrogen and oxygen atoms in total. The van der Waals surface area contributed by atoms with Gasteiger partial charge in [0.25, 0.3) is 5.56 Å². The number of benzene rings is 2. The van der Waals surface area contributed by atoms with Crippen LogP contribution in [0.3, 0.4) is 0 Å². The Bertz CT molecular complexity index is 1410. The van der Waals surface area contributed by atoms with Gasteiger partial charge in [-0.2, -0.15) is 0 Å². The maximum Gasteiger partial charge on any atom is 0.263 e. The van der Waals surface area contributed by atoms with Gasteiger partial charge in [0.1, 0.15) is 11.4 Å². The van der Waals surface area contributed by atoms with Crippen LogP contribution in [0.15, 0.2) is 65.7 Å². The zero-order valence-electron chi connectivity index (χ0n) is 18.1. The highest BCUT2D eigenvalue weighted by Gasteiger charge is 2.21. The average Bonchev–Trinajstić information content (AvgIpc) is 3.39. The number of aromatic nitrogens is 2. The lowest BCUT2D eigenvalue weighted by molar-refractivity contribution is -0.117. The van der Waals surface area contributed by atoms with Crippen molar-refractivity contribution >= 4 is 44.7 Å². The number of hydrogen-bond acceptors (Lipinski definition) is 5. The number of rotatable bonds is 5. The second-order valence-corrected chi connectivity index (χ2v) is 9.20. The van der Waals surface area contributed by atoms with Gasteiger partial charge in [0.2, 0.25) is 11.8 Å². The van der Waals surface area contributed by atoms with Gasteiger partial charge in [0, 0.05) is 34.8 Å². The van der Waals surface area contributed by atoms with E-state index in [1.807, 2.05) is 49.4 Å². The molecule has 0 radical (unpaired) electrons. The molecule has 8 heteroatoms. The van der Waals surface area contributed by atoms with Gasteiger partial charge < -0.3 is 10.2 Å². The Labute approximate surface area is 194 Å². The minimum Gasteiger partial charge on any atom is -0.325 e. The number of fused-ring (bicyclic) bond motifs is 1. The van der Waals surface area contributed by atoms with Crippen molar-refractivity contribution in [1.82, 2.24) is 9.55 Å². The van der Waals surface area contributed by atoms with Gasteiger partial charge in [0.05, 0.1) is 11.7 Å². The first-order valence-electron chi connectivity index (χ1n) is 10.8. The SMILES string of the molecule is Cc1sc2ncn(CC(=O)Nc3ccc(N4CCCC4=O)cc3)c(=O)c2c1-c1ccccc1. The molecule has 0 unspecified atom stereocenters. The number of nitrogens with zero attached hydrogens (tertiary/aromatic N) is 3. The van der Waals surface area contributed by atoms with Crippen molar-refractivity contribution in [3.63, 3.8) is 0 Å². The molecular weight excluding hydrogens is 436 g/mol. The van der Waals surface area contributed by atoms with Crippen LogP contribution in [-0.4, -0.2) is 27.9 Å². The minimum atomic E-state index is -0.323. The summed E-state index contributed by atoms with van der Waals surface area (Å²) in [5.41, 5.74) is 3.02. The number of carbonyl (C=O) groups excluding carboxylic acids is 2. The van der Waals surface area contributed by atoms with Gasteiger partial charge in [-0.3, -0.25) is 19.0 Å². The van der Waals surface area contributed by atoms with Crippen LogP contribution in [0.1, 0.15) is 17.7 Å². The van der Waals surface area contributed by atoms with Crippen molar-refractivity contribution in [1.29, 1.82) is 0 Å². The van der Waals surface area contributed by atoms with Gasteiger partial charge in [-0.1, -0.05) is 30.3 Å². The third-order valence-corrected chi connectivity index (χ3v) is 6.78. The van der Waals surface area contributed by atoms with Crippen LogP contribution in [0, 0.1) is 6.92 Å². The number of hydrogen-bond donors (Lipinski definition) is 1. The largest absolute Gasteiger partial charge is 0.325 e. The third-order valence-electron chi connectivity index (χ3n) is 5.77. The van der Waals surface area contributed by atoms with Crippen LogP contribution < -0.4 is 15.8 Å². The molecule has 166 valence electrons. The van der Waals surface area contributed by atoms with Gasteiger partial charge >= 0.3 is 0 Å². The Morgan fingerprint density at radius 2 is 1.85 bits per heavy atom. The molecule has 0 saturated carbocycles. The molecule has 1 N–H and O–H groups in total. The van der Waals surface area contributed by atoms with E-state index in [2.05, 4.69) is 10.3 Å². The monoisotopic (exact) mass is 458 g/mol. The molecule has 5 rings (SSSR count). The summed E-state index contributed by atoms with van der Waals surface area (Å²) in [6.07, 6.45) is 2.86. The van der Waals surface area contributed by atoms with Crippen molar-refractivity contribution in [2.24, 2.45) is 0 Å². The predicted molar refractivity (Wildman–Crippen MR) is 131 cm³/mol. The van der Waals surface area contributed by atoms with E-state index in [4.69, 9.17) is 0 Å². The molecule has 0 bridgehead atoms. The van der Waals surface area contributed by atoms with Crippen LogP contribution in [0.25, 0.3) is 21.3 Å². The van der Waals surface area contributed by atoms with E-state index >= 15 is 0 Å². The highest BCUT2D eigenvalue weighted by Crippen LogP contribution is 2.35. The van der Waals surface area contributed by atoms with Gasteiger partial charge in [-0.05, 0) is 43.2 Å². The Morgan fingerprint density at radius 3 is 2.55 bits per heavy atom. The first-order valence-corrected chi connectivity index (χ1v) is 11.6. The van der Waals surface area contributed by atoms with Gasteiger partial charge in [0.15, 0.2) is 0 Å². The number of aryl methyl sites for hydroxylation is 1. The molecule has 3 heterocycles. The minimum absolute atomic E-state index is 0.118. The molecule has 0 atom stereocenters. The Morgan fingerprint density at radius 1 is 1.09 bits per heavy atom. The number of thiophene rings is 1. The number of anilines is 2. The van der Waals surface area contributed by atoms with Gasteiger partial charge in [-0.15, -0.1) is 11.3 Å². The first-order chi connectivity index (χ1) is 16.0. The molecule has 1 saturated heterocycles. The van der Waals surface area contributed by atoms with Crippen LogP contribution >= 0.6 is 11.3 Å². The Kier molecular flexibility index (Phi) is 5.51. The quantitative estimate of drug-likeness (QED) is 0.486. The van der Waals surface area contributed by atoms with E-state index in [-0.39, 0.29) is 23.9 Å². The summed E-state index contributed by atoms with van der Waals surface area (Å²) in [5.74, 6) is -0.205. The number of nitrogens with one attached hydrogen (secondary N) is 1. The van der Waals surface area contributed by atoms with E-state index in [1.54, 1.807) is 17.0 Å². The number of amides is 2. The van der Waals surface area contributed by atoms with Crippen molar-refractivity contribution in [2.75, 3.05) is 16.8 Å². The highest BCUT2D eigenvalue weighted by atomic mass is 32.1. The lowest BCUT2D eigenvalue weighted by atomic mass is 10.0. The van der Waals surface area contributed by atoms with E-state index in [0.717, 1.165) is 34.7 Å². The van der Waals surface area contributed by atoms with E-state index in [9.17, 15) is 14.4 Å². The maximum absolute atomic E-state index is 13.3. The van der Waals surface area contributed by atoms with Gasteiger partial charge in [-0.25, -0.2) is 4.98 Å². The summed E-state index contributed by atoms with van der Waals surface area (Å²) >= 11 is 1.48. The van der Waals surface area contributed by atoms with Crippen LogP contribution in [0.4, 0.5) is 11.4 Å². The lowest BCUT2D eigenvalue weighted by Crippen LogP contribution is -2.28. The van der Waals surface area contributed by atoms with Crippen molar-refractivity contribution < 1.29 is 9.59 Å². The fourth-order valence-corrected chi connectivity index (χ4v) is 5.21. The summed E-state index contributed by atoms with van der Waals surface area (Å²) in [6, 6.07) is 16.9. The normalized spacial score (nSPS) is 13.6. The molecule has 2 amide bonds. The van der Waals surface area contributed by atoms with Crippen LogP contribution in [-0.2, 0) is 16.1 Å². The second-order valence-electron chi connectivity index (χ2n) is 8.00. The molecule has 2 aromatic heterocycles.